The first-order valence-corrected chi connectivity index (χ1v) is 7.56. The highest BCUT2D eigenvalue weighted by molar-refractivity contribution is 6.34. The molecule has 0 fully saturated rings. The van der Waals surface area contributed by atoms with Gasteiger partial charge in [0.05, 0.1) is 6.10 Å². The SMILES string of the molecule is CN(C)CC(O)C(c1ccccc1)c1cc(Cl)cc(Cl)c1.Cl. The van der Waals surface area contributed by atoms with E-state index in [4.69, 9.17) is 23.2 Å². The molecule has 0 saturated carbocycles. The fourth-order valence-electron chi connectivity index (χ4n) is 2.53. The number of hydrogen-bond acceptors (Lipinski definition) is 2. The van der Waals surface area contributed by atoms with Crippen molar-refractivity contribution < 1.29 is 5.11 Å². The molecule has 0 aliphatic heterocycles. The zero-order chi connectivity index (χ0) is 15.4. The molecule has 0 heterocycles. The van der Waals surface area contributed by atoms with Crippen LogP contribution in [0, 0.1) is 0 Å². The predicted octanol–water partition coefficient (Wildman–Crippen LogP) is 4.47. The third kappa shape index (κ3) is 5.15. The molecule has 0 bridgehead atoms. The molecule has 2 unspecified atom stereocenters. The van der Waals surface area contributed by atoms with Gasteiger partial charge in [-0.2, -0.15) is 0 Å². The van der Waals surface area contributed by atoms with Gasteiger partial charge in [0.15, 0.2) is 0 Å². The van der Waals surface area contributed by atoms with E-state index in [1.165, 1.54) is 0 Å². The van der Waals surface area contributed by atoms with Crippen molar-refractivity contribution in [3.05, 3.63) is 69.7 Å². The highest BCUT2D eigenvalue weighted by Gasteiger charge is 2.24. The summed E-state index contributed by atoms with van der Waals surface area (Å²) in [5.41, 5.74) is 1.97. The van der Waals surface area contributed by atoms with E-state index < -0.39 is 6.10 Å². The van der Waals surface area contributed by atoms with Gasteiger partial charge in [-0.15, -0.1) is 12.4 Å². The summed E-state index contributed by atoms with van der Waals surface area (Å²) < 4.78 is 0. The standard InChI is InChI=1S/C17H19Cl2NO.ClH/c1-20(2)11-16(21)17(12-6-4-3-5-7-12)13-8-14(18)10-15(19)9-13;/h3-10,16-17,21H,11H2,1-2H3;1H. The maximum absolute atomic E-state index is 10.6. The fraction of sp³-hybridized carbons (Fsp3) is 0.294. The minimum atomic E-state index is -0.545. The zero-order valence-electron chi connectivity index (χ0n) is 12.5. The largest absolute Gasteiger partial charge is 0.391 e. The lowest BCUT2D eigenvalue weighted by Crippen LogP contribution is -2.31. The van der Waals surface area contributed by atoms with E-state index in [0.29, 0.717) is 16.6 Å². The van der Waals surface area contributed by atoms with E-state index in [9.17, 15) is 5.11 Å². The van der Waals surface area contributed by atoms with Crippen molar-refractivity contribution in [3.8, 4) is 0 Å². The summed E-state index contributed by atoms with van der Waals surface area (Å²) in [5, 5.41) is 11.8. The number of likely N-dealkylation sites (N-methyl/N-ethyl adjacent to an activating group) is 1. The zero-order valence-corrected chi connectivity index (χ0v) is 14.9. The molecule has 5 heteroatoms. The Hall–Kier alpha value is -0.770. The second kappa shape index (κ2) is 8.76. The summed E-state index contributed by atoms with van der Waals surface area (Å²) in [7, 11) is 3.88. The molecule has 2 atom stereocenters. The summed E-state index contributed by atoms with van der Waals surface area (Å²) in [5.74, 6) is -0.162. The Morgan fingerprint density at radius 2 is 1.50 bits per heavy atom. The number of halogens is 3. The average molecular weight is 361 g/mol. The van der Waals surface area contributed by atoms with Gasteiger partial charge in [-0.3, -0.25) is 0 Å². The first-order valence-electron chi connectivity index (χ1n) is 6.81. The fourth-order valence-corrected chi connectivity index (χ4v) is 3.07. The molecule has 0 saturated heterocycles. The Labute approximate surface area is 148 Å². The number of aliphatic hydroxyl groups is 1. The van der Waals surface area contributed by atoms with Gasteiger partial charge in [0.2, 0.25) is 0 Å². The van der Waals surface area contributed by atoms with Crippen molar-refractivity contribution in [1.29, 1.82) is 0 Å². The van der Waals surface area contributed by atoms with E-state index in [0.717, 1.165) is 11.1 Å². The number of hydrogen-bond donors (Lipinski definition) is 1. The van der Waals surface area contributed by atoms with Crippen molar-refractivity contribution in [2.75, 3.05) is 20.6 Å². The van der Waals surface area contributed by atoms with Gasteiger partial charge in [0.25, 0.3) is 0 Å². The van der Waals surface area contributed by atoms with Crippen molar-refractivity contribution in [1.82, 2.24) is 4.90 Å². The van der Waals surface area contributed by atoms with Crippen LogP contribution >= 0.6 is 35.6 Å². The summed E-state index contributed by atoms with van der Waals surface area (Å²) in [6.07, 6.45) is -0.545. The van der Waals surface area contributed by atoms with E-state index in [1.807, 2.05) is 61.5 Å². The Balaban J connectivity index is 0.00000242. The lowest BCUT2D eigenvalue weighted by molar-refractivity contribution is 0.121. The molecule has 2 aromatic rings. The van der Waals surface area contributed by atoms with Crippen molar-refractivity contribution >= 4 is 35.6 Å². The van der Waals surface area contributed by atoms with Crippen molar-refractivity contribution in [2.45, 2.75) is 12.0 Å². The monoisotopic (exact) mass is 359 g/mol. The van der Waals surface area contributed by atoms with Gasteiger partial charge in [-0.25, -0.2) is 0 Å². The van der Waals surface area contributed by atoms with Gasteiger partial charge in [-0.05, 0) is 43.4 Å². The molecule has 0 aliphatic carbocycles. The number of rotatable bonds is 5. The van der Waals surface area contributed by atoms with Crippen LogP contribution in [0.1, 0.15) is 17.0 Å². The summed E-state index contributed by atoms with van der Waals surface area (Å²) in [6, 6.07) is 15.4. The third-order valence-corrected chi connectivity index (χ3v) is 3.78. The van der Waals surface area contributed by atoms with E-state index >= 15 is 0 Å². The quantitative estimate of drug-likeness (QED) is 0.850. The average Bonchev–Trinajstić information content (AvgIpc) is 2.38. The van der Waals surface area contributed by atoms with E-state index in [1.54, 1.807) is 6.07 Å². The van der Waals surface area contributed by atoms with Crippen LogP contribution in [0.4, 0.5) is 0 Å². The molecular weight excluding hydrogens is 341 g/mol. The highest BCUT2D eigenvalue weighted by Crippen LogP contribution is 2.32. The number of benzene rings is 2. The molecule has 2 rings (SSSR count). The first kappa shape index (κ1) is 19.3. The van der Waals surface area contributed by atoms with Crippen LogP contribution < -0.4 is 0 Å². The van der Waals surface area contributed by atoms with Crippen LogP contribution in [0.25, 0.3) is 0 Å². The van der Waals surface area contributed by atoms with Gasteiger partial charge < -0.3 is 10.0 Å². The molecule has 0 radical (unpaired) electrons. The lowest BCUT2D eigenvalue weighted by Gasteiger charge is -2.26. The number of nitrogens with zero attached hydrogens (tertiary/aromatic N) is 1. The molecule has 2 aromatic carbocycles. The van der Waals surface area contributed by atoms with E-state index in [-0.39, 0.29) is 18.3 Å². The van der Waals surface area contributed by atoms with Gasteiger partial charge >= 0.3 is 0 Å². The van der Waals surface area contributed by atoms with Crippen molar-refractivity contribution in [2.24, 2.45) is 0 Å². The molecule has 0 spiro atoms. The van der Waals surface area contributed by atoms with E-state index in [2.05, 4.69) is 0 Å². The summed E-state index contributed by atoms with van der Waals surface area (Å²) in [4.78, 5) is 1.97. The first-order chi connectivity index (χ1) is 9.97. The molecule has 22 heavy (non-hydrogen) atoms. The van der Waals surface area contributed by atoms with Crippen LogP contribution in [0.3, 0.4) is 0 Å². The maximum atomic E-state index is 10.6. The topological polar surface area (TPSA) is 23.5 Å². The summed E-state index contributed by atoms with van der Waals surface area (Å²) in [6.45, 7) is 0.559. The highest BCUT2D eigenvalue weighted by atomic mass is 35.5. The molecule has 1 N–H and O–H groups in total. The molecule has 0 aliphatic rings. The molecular formula is C17H20Cl3NO. The maximum Gasteiger partial charge on any atom is 0.0775 e. The molecule has 120 valence electrons. The van der Waals surface area contributed by atoms with Crippen LogP contribution in [-0.4, -0.2) is 36.8 Å². The van der Waals surface area contributed by atoms with Gasteiger partial charge in [0.1, 0.15) is 0 Å². The van der Waals surface area contributed by atoms with Crippen LogP contribution in [-0.2, 0) is 0 Å². The van der Waals surface area contributed by atoms with Gasteiger partial charge in [0, 0.05) is 22.5 Å². The second-order valence-electron chi connectivity index (χ2n) is 5.42. The summed E-state index contributed by atoms with van der Waals surface area (Å²) >= 11 is 12.2. The minimum absolute atomic E-state index is 0. The Bertz CT molecular complexity index is 569. The Morgan fingerprint density at radius 1 is 0.955 bits per heavy atom. The Kier molecular flexibility index (Phi) is 7.67. The third-order valence-electron chi connectivity index (χ3n) is 3.34. The van der Waals surface area contributed by atoms with Crippen LogP contribution in [0.15, 0.2) is 48.5 Å². The molecule has 2 nitrogen and oxygen atoms in total. The molecule has 0 amide bonds. The minimum Gasteiger partial charge on any atom is -0.391 e. The predicted molar refractivity (Wildman–Crippen MR) is 96.6 cm³/mol. The Morgan fingerprint density at radius 3 is 2.00 bits per heavy atom. The normalized spacial score (nSPS) is 13.5. The van der Waals surface area contributed by atoms with Crippen molar-refractivity contribution in [3.63, 3.8) is 0 Å². The smallest absolute Gasteiger partial charge is 0.0775 e. The van der Waals surface area contributed by atoms with Crippen LogP contribution in [0.2, 0.25) is 10.0 Å². The number of aliphatic hydroxyl groups excluding tert-OH is 1. The second-order valence-corrected chi connectivity index (χ2v) is 6.29. The van der Waals surface area contributed by atoms with Gasteiger partial charge in [-0.1, -0.05) is 53.5 Å². The van der Waals surface area contributed by atoms with Crippen LogP contribution in [0.5, 0.6) is 0 Å². The lowest BCUT2D eigenvalue weighted by atomic mass is 9.86. The molecule has 0 aromatic heterocycles.